The molecule has 0 aliphatic carbocycles. The van der Waals surface area contributed by atoms with Gasteiger partial charge in [0.15, 0.2) is 0 Å². The molecule has 0 radical (unpaired) electrons. The largest absolute Gasteiger partial charge is 0.396 e. The fourth-order valence-electron chi connectivity index (χ4n) is 5.67. The molecule has 3 heterocycles. The lowest BCUT2D eigenvalue weighted by atomic mass is 9.62. The first kappa shape index (κ1) is 22.0. The molecule has 3 N–H and O–H groups in total. The zero-order valence-electron chi connectivity index (χ0n) is 18.4. The SMILES string of the molecule is CNC(=O)[C@@H]1[C@H]2C(=O)N(CCCCO)C(C(=O)NC(C)(C)C)C23CC(C)[C@@]1(C)O3. The van der Waals surface area contributed by atoms with Gasteiger partial charge >= 0.3 is 0 Å². The van der Waals surface area contributed by atoms with Crippen molar-refractivity contribution in [3.63, 3.8) is 0 Å². The minimum atomic E-state index is -1.00. The normalized spacial score (nSPS) is 38.3. The standard InChI is InChI=1S/C21H35N3O5/c1-12-11-21-14(13(16(26)22-6)20(12,5)29-21)18(28)24(9-7-8-10-25)15(21)17(27)23-19(2,3)4/h12-15,25H,7-11H2,1-6H3,(H,22,26)(H,23,27)/t12?,13-,14-,15?,20+,21?/m0/s1. The highest BCUT2D eigenvalue weighted by molar-refractivity contribution is 5.99. The Bertz CT molecular complexity index is 705. The Hall–Kier alpha value is -1.67. The van der Waals surface area contributed by atoms with Gasteiger partial charge in [0.25, 0.3) is 0 Å². The lowest BCUT2D eigenvalue weighted by molar-refractivity contribution is -0.148. The van der Waals surface area contributed by atoms with Crippen LogP contribution in [0.5, 0.6) is 0 Å². The van der Waals surface area contributed by atoms with E-state index in [0.29, 0.717) is 25.8 Å². The number of hydrogen-bond acceptors (Lipinski definition) is 5. The molecule has 0 aromatic heterocycles. The summed E-state index contributed by atoms with van der Waals surface area (Å²) < 4.78 is 6.54. The first-order valence-electron chi connectivity index (χ1n) is 10.6. The minimum absolute atomic E-state index is 0.0297. The smallest absolute Gasteiger partial charge is 0.246 e. The summed E-state index contributed by atoms with van der Waals surface area (Å²) in [6, 6.07) is -0.781. The van der Waals surface area contributed by atoms with Gasteiger partial charge in [-0.2, -0.15) is 0 Å². The Morgan fingerprint density at radius 2 is 1.93 bits per heavy atom. The predicted molar refractivity (Wildman–Crippen MR) is 107 cm³/mol. The van der Waals surface area contributed by atoms with Gasteiger partial charge in [0.05, 0.1) is 17.4 Å². The molecule has 29 heavy (non-hydrogen) atoms. The van der Waals surface area contributed by atoms with E-state index in [1.54, 1.807) is 11.9 Å². The first-order chi connectivity index (χ1) is 13.4. The summed E-state index contributed by atoms with van der Waals surface area (Å²) in [5.41, 5.74) is -2.24. The molecule has 3 fully saturated rings. The van der Waals surface area contributed by atoms with Crippen LogP contribution in [0.1, 0.15) is 53.9 Å². The zero-order valence-corrected chi connectivity index (χ0v) is 18.4. The van der Waals surface area contributed by atoms with Crippen molar-refractivity contribution in [3.8, 4) is 0 Å². The molecule has 2 bridgehead atoms. The van der Waals surface area contributed by atoms with Gasteiger partial charge in [0.1, 0.15) is 11.6 Å². The number of nitrogens with one attached hydrogen (secondary N) is 2. The second-order valence-corrected chi connectivity index (χ2v) is 10.0. The molecule has 6 atom stereocenters. The van der Waals surface area contributed by atoms with E-state index in [4.69, 9.17) is 9.84 Å². The van der Waals surface area contributed by atoms with Crippen LogP contribution in [-0.2, 0) is 19.1 Å². The molecule has 3 saturated heterocycles. The average Bonchev–Trinajstić information content (AvgIpc) is 3.11. The minimum Gasteiger partial charge on any atom is -0.396 e. The molecule has 8 heteroatoms. The molecule has 0 aromatic carbocycles. The number of hydrogen-bond donors (Lipinski definition) is 3. The van der Waals surface area contributed by atoms with E-state index in [1.807, 2.05) is 34.6 Å². The van der Waals surface area contributed by atoms with Gasteiger partial charge in [0, 0.05) is 25.7 Å². The van der Waals surface area contributed by atoms with E-state index in [1.165, 1.54) is 0 Å². The summed E-state index contributed by atoms with van der Waals surface area (Å²) in [5, 5.41) is 14.9. The van der Waals surface area contributed by atoms with Crippen LogP contribution in [0.3, 0.4) is 0 Å². The van der Waals surface area contributed by atoms with E-state index in [-0.39, 0.29) is 30.2 Å². The molecule has 3 amide bonds. The van der Waals surface area contributed by atoms with Crippen molar-refractivity contribution in [1.82, 2.24) is 15.5 Å². The number of carbonyl (C=O) groups is 3. The quantitative estimate of drug-likeness (QED) is 0.552. The van der Waals surface area contributed by atoms with Crippen molar-refractivity contribution in [2.45, 2.75) is 76.7 Å². The fraction of sp³-hybridized carbons (Fsp3) is 0.857. The highest BCUT2D eigenvalue weighted by Gasteiger charge is 2.79. The molecule has 3 aliphatic heterocycles. The Labute approximate surface area is 172 Å². The van der Waals surface area contributed by atoms with Crippen LogP contribution in [0.2, 0.25) is 0 Å². The van der Waals surface area contributed by atoms with E-state index in [9.17, 15) is 14.4 Å². The van der Waals surface area contributed by atoms with Gasteiger partial charge in [-0.1, -0.05) is 6.92 Å². The van der Waals surface area contributed by atoms with Gasteiger partial charge in [0.2, 0.25) is 17.7 Å². The maximum atomic E-state index is 13.5. The molecule has 0 aromatic rings. The van der Waals surface area contributed by atoms with E-state index < -0.39 is 34.6 Å². The van der Waals surface area contributed by atoms with Gasteiger partial charge in [-0.05, 0) is 52.9 Å². The molecular formula is C21H35N3O5. The topological polar surface area (TPSA) is 108 Å². The number of aliphatic hydroxyl groups is 1. The third kappa shape index (κ3) is 3.24. The third-order valence-electron chi connectivity index (χ3n) is 6.90. The van der Waals surface area contributed by atoms with E-state index >= 15 is 0 Å². The van der Waals surface area contributed by atoms with Crippen molar-refractivity contribution in [2.75, 3.05) is 20.2 Å². The number of fused-ring (bicyclic) bond motifs is 1. The van der Waals surface area contributed by atoms with Crippen molar-refractivity contribution in [2.24, 2.45) is 17.8 Å². The second-order valence-electron chi connectivity index (χ2n) is 10.0. The number of nitrogens with zero attached hydrogens (tertiary/aromatic N) is 1. The second kappa shape index (κ2) is 7.23. The van der Waals surface area contributed by atoms with Crippen LogP contribution in [0.4, 0.5) is 0 Å². The molecular weight excluding hydrogens is 374 g/mol. The number of amides is 3. The van der Waals surface area contributed by atoms with E-state index in [0.717, 1.165) is 0 Å². The zero-order chi connectivity index (χ0) is 21.8. The predicted octanol–water partition coefficient (Wildman–Crippen LogP) is 0.430. The summed E-state index contributed by atoms with van der Waals surface area (Å²) >= 11 is 0. The van der Waals surface area contributed by atoms with Gasteiger partial charge in [-0.3, -0.25) is 14.4 Å². The number of likely N-dealkylation sites (tertiary alicyclic amines) is 1. The molecule has 8 nitrogen and oxygen atoms in total. The number of ether oxygens (including phenoxy) is 1. The summed E-state index contributed by atoms with van der Waals surface area (Å²) in [6.07, 6.45) is 1.69. The summed E-state index contributed by atoms with van der Waals surface area (Å²) in [5.74, 6) is -1.92. The average molecular weight is 410 g/mol. The van der Waals surface area contributed by atoms with Crippen LogP contribution >= 0.6 is 0 Å². The maximum Gasteiger partial charge on any atom is 0.246 e. The third-order valence-corrected chi connectivity index (χ3v) is 6.90. The van der Waals surface area contributed by atoms with Crippen LogP contribution in [0.15, 0.2) is 0 Å². The lowest BCUT2D eigenvalue weighted by Crippen LogP contribution is -2.58. The van der Waals surface area contributed by atoms with Crippen LogP contribution in [0.25, 0.3) is 0 Å². The number of rotatable bonds is 6. The van der Waals surface area contributed by atoms with Crippen LogP contribution in [0, 0.1) is 17.8 Å². The van der Waals surface area contributed by atoms with Crippen LogP contribution < -0.4 is 10.6 Å². The van der Waals surface area contributed by atoms with Crippen LogP contribution in [-0.4, -0.2) is 70.7 Å². The van der Waals surface area contributed by atoms with Gasteiger partial charge in [-0.15, -0.1) is 0 Å². The van der Waals surface area contributed by atoms with E-state index in [2.05, 4.69) is 10.6 Å². The molecule has 0 saturated carbocycles. The Kier molecular flexibility index (Phi) is 5.49. The fourth-order valence-corrected chi connectivity index (χ4v) is 5.67. The molecule has 3 rings (SSSR count). The van der Waals surface area contributed by atoms with Crippen molar-refractivity contribution in [3.05, 3.63) is 0 Å². The molecule has 1 spiro atoms. The summed E-state index contributed by atoms with van der Waals surface area (Å²) in [6.45, 7) is 10.0. The van der Waals surface area contributed by atoms with Gasteiger partial charge < -0.3 is 25.4 Å². The highest BCUT2D eigenvalue weighted by Crippen LogP contribution is 2.65. The van der Waals surface area contributed by atoms with Crippen molar-refractivity contribution >= 4 is 17.7 Å². The lowest BCUT2D eigenvalue weighted by Gasteiger charge is -2.36. The summed E-state index contributed by atoms with van der Waals surface area (Å²) in [4.78, 5) is 41.4. The summed E-state index contributed by atoms with van der Waals surface area (Å²) in [7, 11) is 1.57. The number of aliphatic hydroxyl groups excluding tert-OH is 1. The van der Waals surface area contributed by atoms with Gasteiger partial charge in [-0.25, -0.2) is 0 Å². The highest BCUT2D eigenvalue weighted by atomic mass is 16.5. The Morgan fingerprint density at radius 3 is 2.48 bits per heavy atom. The monoisotopic (exact) mass is 409 g/mol. The number of carbonyl (C=O) groups excluding carboxylic acids is 3. The maximum absolute atomic E-state index is 13.5. The van der Waals surface area contributed by atoms with Crippen molar-refractivity contribution < 1.29 is 24.2 Å². The Balaban J connectivity index is 2.05. The van der Waals surface area contributed by atoms with Crippen molar-refractivity contribution in [1.29, 1.82) is 0 Å². The first-order valence-corrected chi connectivity index (χ1v) is 10.6. The Morgan fingerprint density at radius 1 is 1.28 bits per heavy atom. The number of unbranched alkanes of at least 4 members (excludes halogenated alkanes) is 1. The molecule has 3 unspecified atom stereocenters. The molecule has 3 aliphatic rings. The molecule has 164 valence electrons.